The zero-order valence-electron chi connectivity index (χ0n) is 19.7. The monoisotopic (exact) mass is 457 g/mol. The molecule has 5 nitrogen and oxygen atoms in total. The Morgan fingerprint density at radius 3 is 2.44 bits per heavy atom. The molecule has 0 aliphatic carbocycles. The summed E-state index contributed by atoms with van der Waals surface area (Å²) in [5.41, 5.74) is 4.70. The van der Waals surface area contributed by atoms with Crippen LogP contribution in [0.4, 0.5) is 0 Å². The molecule has 2 unspecified atom stereocenters. The maximum absolute atomic E-state index is 10.1. The lowest BCUT2D eigenvalue weighted by atomic mass is 9.86. The number of phenols is 2. The molecule has 5 rings (SSSR count). The molecule has 2 atom stereocenters. The van der Waals surface area contributed by atoms with Crippen molar-refractivity contribution in [3.63, 3.8) is 0 Å². The molecule has 0 bridgehead atoms. The van der Waals surface area contributed by atoms with Gasteiger partial charge in [-0.1, -0.05) is 24.3 Å². The molecule has 2 aliphatic heterocycles. The largest absolute Gasteiger partial charge is 0.508 e. The van der Waals surface area contributed by atoms with E-state index in [2.05, 4.69) is 11.8 Å². The van der Waals surface area contributed by atoms with Gasteiger partial charge in [-0.25, -0.2) is 0 Å². The highest BCUT2D eigenvalue weighted by Gasteiger charge is 2.29. The molecule has 34 heavy (non-hydrogen) atoms. The molecule has 0 saturated carbocycles. The van der Waals surface area contributed by atoms with Crippen molar-refractivity contribution in [2.75, 3.05) is 19.7 Å². The summed E-state index contributed by atoms with van der Waals surface area (Å²) in [6.07, 6.45) is 2.20. The number of nitrogens with zero attached hydrogens (tertiary/aromatic N) is 1. The molecule has 1 fully saturated rings. The molecule has 0 amide bonds. The fraction of sp³-hybridized carbons (Fsp3) is 0.310. The maximum Gasteiger partial charge on any atom is 0.150 e. The predicted molar refractivity (Wildman–Crippen MR) is 134 cm³/mol. The summed E-state index contributed by atoms with van der Waals surface area (Å²) in [6, 6.07) is 20.9. The molecule has 2 aliphatic rings. The number of ether oxygens (including phenoxy) is 2. The molecule has 3 aromatic rings. The van der Waals surface area contributed by atoms with Crippen molar-refractivity contribution in [2.24, 2.45) is 0 Å². The Kier molecular flexibility index (Phi) is 6.20. The first-order valence-electron chi connectivity index (χ1n) is 12.0. The molecule has 176 valence electrons. The Bertz CT molecular complexity index is 1200. The second kappa shape index (κ2) is 9.43. The lowest BCUT2D eigenvalue weighted by Crippen LogP contribution is -2.34. The van der Waals surface area contributed by atoms with Crippen molar-refractivity contribution in [3.05, 3.63) is 83.4 Å². The van der Waals surface area contributed by atoms with Gasteiger partial charge in [0.2, 0.25) is 0 Å². The van der Waals surface area contributed by atoms with E-state index in [9.17, 15) is 10.2 Å². The predicted octanol–water partition coefficient (Wildman–Crippen LogP) is 6.03. The van der Waals surface area contributed by atoms with Crippen LogP contribution in [0.3, 0.4) is 0 Å². The van der Waals surface area contributed by atoms with E-state index in [0.717, 1.165) is 52.4 Å². The van der Waals surface area contributed by atoms with Gasteiger partial charge < -0.3 is 19.7 Å². The van der Waals surface area contributed by atoms with Crippen LogP contribution in [0.15, 0.2) is 66.7 Å². The maximum atomic E-state index is 10.1. The molecule has 3 aromatic carbocycles. The van der Waals surface area contributed by atoms with Gasteiger partial charge in [-0.15, -0.1) is 0 Å². The van der Waals surface area contributed by atoms with Crippen LogP contribution in [0.25, 0.3) is 11.1 Å². The number of phenolic OH excluding ortho intramolecular Hbond substituents is 2. The molecular formula is C29H31NO4. The Morgan fingerprint density at radius 2 is 1.71 bits per heavy atom. The van der Waals surface area contributed by atoms with Gasteiger partial charge in [0.25, 0.3) is 0 Å². The molecule has 1 saturated heterocycles. The molecule has 5 heteroatoms. The quantitative estimate of drug-likeness (QED) is 0.474. The highest BCUT2D eigenvalue weighted by atomic mass is 16.5. The van der Waals surface area contributed by atoms with E-state index in [1.165, 1.54) is 12.8 Å². The zero-order valence-corrected chi connectivity index (χ0v) is 19.7. The van der Waals surface area contributed by atoms with Gasteiger partial charge in [-0.05, 0) is 98.9 Å². The van der Waals surface area contributed by atoms with Crippen LogP contribution in [0.2, 0.25) is 0 Å². The first-order chi connectivity index (χ1) is 16.5. The fourth-order valence-electron chi connectivity index (χ4n) is 4.96. The molecule has 2 N–H and O–H groups in total. The SMILES string of the molecule is CC1=C(c2cccc(O)c2)C(c2ccc(OCC(C)N3CCCC3)cc2)Oc2ccc(O)cc21. The van der Waals surface area contributed by atoms with Crippen molar-refractivity contribution in [3.8, 4) is 23.0 Å². The average molecular weight is 458 g/mol. The van der Waals surface area contributed by atoms with Crippen LogP contribution in [0.5, 0.6) is 23.0 Å². The number of likely N-dealkylation sites (tertiary alicyclic amines) is 1. The first-order valence-corrected chi connectivity index (χ1v) is 12.0. The Morgan fingerprint density at radius 1 is 0.971 bits per heavy atom. The standard InChI is InChI=1S/C29H31NO4/c1-19(30-14-3-4-15-30)18-33-25-11-8-21(9-12-25)29-28(22-6-5-7-23(31)16-22)20(2)26-17-24(32)10-13-27(26)34-29/h5-13,16-17,19,29,31-32H,3-4,14-15,18H2,1-2H3. The van der Waals surface area contributed by atoms with Crippen LogP contribution in [-0.2, 0) is 0 Å². The van der Waals surface area contributed by atoms with Gasteiger partial charge in [0.1, 0.15) is 35.7 Å². The molecule has 0 radical (unpaired) electrons. The number of aromatic hydroxyl groups is 2. The second-order valence-corrected chi connectivity index (χ2v) is 9.24. The minimum Gasteiger partial charge on any atom is -0.508 e. The molecular weight excluding hydrogens is 426 g/mol. The number of allylic oxidation sites excluding steroid dienone is 1. The smallest absolute Gasteiger partial charge is 0.150 e. The third-order valence-electron chi connectivity index (χ3n) is 6.87. The third-order valence-corrected chi connectivity index (χ3v) is 6.87. The number of rotatable bonds is 6. The van der Waals surface area contributed by atoms with Crippen molar-refractivity contribution in [2.45, 2.75) is 38.8 Å². The van der Waals surface area contributed by atoms with Crippen LogP contribution in [-0.4, -0.2) is 40.9 Å². The van der Waals surface area contributed by atoms with Crippen LogP contribution >= 0.6 is 0 Å². The second-order valence-electron chi connectivity index (χ2n) is 9.24. The van der Waals surface area contributed by atoms with Crippen molar-refractivity contribution in [1.82, 2.24) is 4.90 Å². The third kappa shape index (κ3) is 4.48. The van der Waals surface area contributed by atoms with E-state index in [1.807, 2.05) is 43.3 Å². The Balaban J connectivity index is 1.43. The lowest BCUT2D eigenvalue weighted by Gasteiger charge is -2.31. The normalized spacial score (nSPS) is 18.9. The Labute approximate surface area is 200 Å². The van der Waals surface area contributed by atoms with E-state index < -0.39 is 0 Å². The first kappa shape index (κ1) is 22.4. The number of fused-ring (bicyclic) bond motifs is 1. The summed E-state index contributed by atoms with van der Waals surface area (Å²) in [6.45, 7) is 7.24. The van der Waals surface area contributed by atoms with Crippen LogP contribution in [0, 0.1) is 0 Å². The van der Waals surface area contributed by atoms with E-state index in [1.54, 1.807) is 30.3 Å². The van der Waals surface area contributed by atoms with E-state index in [4.69, 9.17) is 9.47 Å². The molecule has 0 aromatic heterocycles. The molecule has 2 heterocycles. The highest BCUT2D eigenvalue weighted by molar-refractivity contribution is 5.95. The summed E-state index contributed by atoms with van der Waals surface area (Å²) in [5.74, 6) is 1.97. The summed E-state index contributed by atoms with van der Waals surface area (Å²) in [5, 5.41) is 20.2. The van der Waals surface area contributed by atoms with Gasteiger partial charge in [0.05, 0.1) is 0 Å². The summed E-state index contributed by atoms with van der Waals surface area (Å²) in [4.78, 5) is 2.48. The fourth-order valence-corrected chi connectivity index (χ4v) is 4.96. The number of hydrogen-bond acceptors (Lipinski definition) is 5. The summed E-state index contributed by atoms with van der Waals surface area (Å²) < 4.78 is 12.5. The van der Waals surface area contributed by atoms with E-state index in [-0.39, 0.29) is 17.6 Å². The summed E-state index contributed by atoms with van der Waals surface area (Å²) >= 11 is 0. The molecule has 0 spiro atoms. The van der Waals surface area contributed by atoms with E-state index in [0.29, 0.717) is 12.6 Å². The van der Waals surface area contributed by atoms with Gasteiger partial charge in [0.15, 0.2) is 0 Å². The number of hydrogen-bond donors (Lipinski definition) is 2. The summed E-state index contributed by atoms with van der Waals surface area (Å²) in [7, 11) is 0. The van der Waals surface area contributed by atoms with E-state index >= 15 is 0 Å². The topological polar surface area (TPSA) is 62.2 Å². The Hall–Kier alpha value is -3.44. The van der Waals surface area contributed by atoms with Crippen molar-refractivity contribution in [1.29, 1.82) is 0 Å². The zero-order chi connectivity index (χ0) is 23.7. The van der Waals surface area contributed by atoms with Crippen LogP contribution in [0.1, 0.15) is 49.5 Å². The van der Waals surface area contributed by atoms with Gasteiger partial charge in [0, 0.05) is 17.2 Å². The lowest BCUT2D eigenvalue weighted by molar-refractivity contribution is 0.172. The minimum absolute atomic E-state index is 0.195. The average Bonchev–Trinajstić information content (AvgIpc) is 3.38. The van der Waals surface area contributed by atoms with Gasteiger partial charge >= 0.3 is 0 Å². The van der Waals surface area contributed by atoms with Crippen LogP contribution < -0.4 is 9.47 Å². The van der Waals surface area contributed by atoms with Gasteiger partial charge in [-0.2, -0.15) is 0 Å². The van der Waals surface area contributed by atoms with Crippen molar-refractivity contribution < 1.29 is 19.7 Å². The van der Waals surface area contributed by atoms with Crippen molar-refractivity contribution >= 4 is 11.1 Å². The minimum atomic E-state index is -0.351. The number of benzene rings is 3. The highest BCUT2D eigenvalue weighted by Crippen LogP contribution is 2.47. The van der Waals surface area contributed by atoms with Gasteiger partial charge in [-0.3, -0.25) is 4.90 Å².